The van der Waals surface area contributed by atoms with E-state index in [0.717, 1.165) is 11.1 Å². The highest BCUT2D eigenvalue weighted by Gasteiger charge is 2.12. The van der Waals surface area contributed by atoms with Crippen LogP contribution in [0.15, 0.2) is 73.1 Å². The number of nitrogens with one attached hydrogen (secondary N) is 2. The average molecular weight is 390 g/mol. The molecule has 0 saturated heterocycles. The fraction of sp³-hybridized carbons (Fsp3) is 0.136. The average Bonchev–Trinajstić information content (AvgIpc) is 2.75. The van der Waals surface area contributed by atoms with E-state index < -0.39 is 12.2 Å². The molecular formula is C22H22N4O3. The molecule has 0 fully saturated rings. The van der Waals surface area contributed by atoms with Crippen LogP contribution >= 0.6 is 0 Å². The van der Waals surface area contributed by atoms with Crippen LogP contribution in [-0.4, -0.2) is 17.0 Å². The van der Waals surface area contributed by atoms with Crippen molar-refractivity contribution in [3.8, 4) is 0 Å². The second-order valence-electron chi connectivity index (χ2n) is 6.43. The number of alkyl carbamates (subject to hydrolysis) is 1. The van der Waals surface area contributed by atoms with Crippen LogP contribution in [0.25, 0.3) is 0 Å². The van der Waals surface area contributed by atoms with Gasteiger partial charge in [0.1, 0.15) is 6.10 Å². The van der Waals surface area contributed by atoms with Crippen molar-refractivity contribution < 1.29 is 14.3 Å². The Morgan fingerprint density at radius 3 is 2.52 bits per heavy atom. The molecule has 2 aromatic carbocycles. The number of hydrogen-bond acceptors (Lipinski definition) is 5. The number of benzene rings is 2. The summed E-state index contributed by atoms with van der Waals surface area (Å²) in [6, 6.07) is 17.6. The summed E-state index contributed by atoms with van der Waals surface area (Å²) < 4.78 is 5.33. The Balaban J connectivity index is 1.50. The zero-order valence-electron chi connectivity index (χ0n) is 16.0. The Morgan fingerprint density at radius 2 is 1.83 bits per heavy atom. The highest BCUT2D eigenvalue weighted by Crippen LogP contribution is 2.18. The molecule has 0 radical (unpaired) electrons. The first-order chi connectivity index (χ1) is 14.0. The molecule has 0 saturated carbocycles. The number of rotatable bonds is 6. The van der Waals surface area contributed by atoms with Gasteiger partial charge in [0.25, 0.3) is 5.91 Å². The van der Waals surface area contributed by atoms with Gasteiger partial charge in [-0.25, -0.2) is 4.79 Å². The van der Waals surface area contributed by atoms with Crippen LogP contribution in [0, 0.1) is 0 Å². The maximum absolute atomic E-state index is 12.3. The first kappa shape index (κ1) is 19.9. The van der Waals surface area contributed by atoms with Gasteiger partial charge < -0.3 is 21.1 Å². The number of carbonyl (C=O) groups is 2. The Hall–Kier alpha value is -3.87. The molecule has 148 valence electrons. The molecule has 1 aromatic heterocycles. The number of anilines is 2. The number of para-hydroxylation sites is 2. The van der Waals surface area contributed by atoms with Crippen molar-refractivity contribution in [1.82, 2.24) is 10.3 Å². The number of hydrogen-bond donors (Lipinski definition) is 3. The molecule has 0 aliphatic carbocycles. The van der Waals surface area contributed by atoms with Gasteiger partial charge in [-0.2, -0.15) is 0 Å². The maximum atomic E-state index is 12.3. The predicted octanol–water partition coefficient (Wildman–Crippen LogP) is 3.90. The van der Waals surface area contributed by atoms with Crippen LogP contribution in [0.2, 0.25) is 0 Å². The number of nitrogens with zero attached hydrogens (tertiary/aromatic N) is 1. The minimum absolute atomic E-state index is 0.257. The lowest BCUT2D eigenvalue weighted by Crippen LogP contribution is -2.25. The standard InChI is InChI=1S/C22H22N4O3/c1-15(18-5-4-12-24-14-18)29-22(28)25-13-16-8-10-17(11-9-16)21(27)26-20-7-3-2-6-19(20)23/h2-12,14-15H,13,23H2,1H3,(H,25,28)(H,26,27)/t15-/m0/s1. The van der Waals surface area contributed by atoms with Crippen LogP contribution in [0.4, 0.5) is 16.2 Å². The highest BCUT2D eigenvalue weighted by atomic mass is 16.6. The fourth-order valence-electron chi connectivity index (χ4n) is 2.64. The molecule has 4 N–H and O–H groups in total. The molecule has 0 aliphatic rings. The Morgan fingerprint density at radius 1 is 1.07 bits per heavy atom. The van der Waals surface area contributed by atoms with E-state index in [1.807, 2.05) is 6.07 Å². The summed E-state index contributed by atoms with van der Waals surface area (Å²) in [5.74, 6) is -0.257. The van der Waals surface area contributed by atoms with Crippen molar-refractivity contribution >= 4 is 23.4 Å². The Kier molecular flexibility index (Phi) is 6.42. The smallest absolute Gasteiger partial charge is 0.408 e. The molecule has 3 aromatic rings. The van der Waals surface area contributed by atoms with Gasteiger partial charge in [-0.1, -0.05) is 30.3 Å². The first-order valence-corrected chi connectivity index (χ1v) is 9.12. The minimum Gasteiger partial charge on any atom is -0.442 e. The fourth-order valence-corrected chi connectivity index (χ4v) is 2.64. The number of carbonyl (C=O) groups excluding carboxylic acids is 2. The van der Waals surface area contributed by atoms with Gasteiger partial charge in [-0.3, -0.25) is 9.78 Å². The molecule has 29 heavy (non-hydrogen) atoms. The second-order valence-corrected chi connectivity index (χ2v) is 6.43. The van der Waals surface area contributed by atoms with Crippen molar-refractivity contribution in [2.45, 2.75) is 19.6 Å². The molecule has 0 spiro atoms. The van der Waals surface area contributed by atoms with Gasteiger partial charge in [0.2, 0.25) is 0 Å². The van der Waals surface area contributed by atoms with E-state index in [1.54, 1.807) is 73.9 Å². The van der Waals surface area contributed by atoms with Gasteiger partial charge >= 0.3 is 6.09 Å². The molecule has 0 aliphatic heterocycles. The molecule has 3 rings (SSSR count). The predicted molar refractivity (Wildman–Crippen MR) is 111 cm³/mol. The van der Waals surface area contributed by atoms with Gasteiger partial charge in [-0.05, 0) is 42.8 Å². The lowest BCUT2D eigenvalue weighted by molar-refractivity contribution is 0.102. The van der Waals surface area contributed by atoms with E-state index in [1.165, 1.54) is 0 Å². The molecule has 2 amide bonds. The molecule has 0 unspecified atom stereocenters. The zero-order valence-corrected chi connectivity index (χ0v) is 16.0. The van der Waals surface area contributed by atoms with E-state index in [0.29, 0.717) is 16.9 Å². The van der Waals surface area contributed by atoms with Gasteiger partial charge in [-0.15, -0.1) is 0 Å². The van der Waals surface area contributed by atoms with E-state index in [9.17, 15) is 9.59 Å². The number of nitrogens with two attached hydrogens (primary N) is 1. The maximum Gasteiger partial charge on any atom is 0.408 e. The lowest BCUT2D eigenvalue weighted by Gasteiger charge is -2.14. The monoisotopic (exact) mass is 390 g/mol. The third kappa shape index (κ3) is 5.55. The van der Waals surface area contributed by atoms with Crippen molar-refractivity contribution in [3.63, 3.8) is 0 Å². The van der Waals surface area contributed by atoms with E-state index in [2.05, 4.69) is 15.6 Å². The second kappa shape index (κ2) is 9.36. The summed E-state index contributed by atoms with van der Waals surface area (Å²) in [4.78, 5) is 28.3. The zero-order chi connectivity index (χ0) is 20.6. The summed E-state index contributed by atoms with van der Waals surface area (Å²) in [5, 5.41) is 5.47. The largest absolute Gasteiger partial charge is 0.442 e. The number of pyridine rings is 1. The SMILES string of the molecule is C[C@H](OC(=O)NCc1ccc(C(=O)Nc2ccccc2N)cc1)c1cccnc1. The molecule has 7 heteroatoms. The van der Waals surface area contributed by atoms with E-state index in [-0.39, 0.29) is 12.5 Å². The van der Waals surface area contributed by atoms with Crippen molar-refractivity contribution in [1.29, 1.82) is 0 Å². The Labute approximate surface area is 168 Å². The molecule has 1 atom stereocenters. The first-order valence-electron chi connectivity index (χ1n) is 9.12. The summed E-state index contributed by atoms with van der Waals surface area (Å²) >= 11 is 0. The summed E-state index contributed by atoms with van der Waals surface area (Å²) in [5.41, 5.74) is 9.05. The summed E-state index contributed by atoms with van der Waals surface area (Å²) in [7, 11) is 0. The molecule has 1 heterocycles. The molecule has 0 bridgehead atoms. The molecule has 7 nitrogen and oxygen atoms in total. The van der Waals surface area contributed by atoms with Crippen LogP contribution in [0.1, 0.15) is 34.5 Å². The van der Waals surface area contributed by atoms with E-state index >= 15 is 0 Å². The van der Waals surface area contributed by atoms with Crippen molar-refractivity contribution in [2.24, 2.45) is 0 Å². The van der Waals surface area contributed by atoms with Gasteiger partial charge in [0.15, 0.2) is 0 Å². The third-order valence-electron chi connectivity index (χ3n) is 4.30. The van der Waals surface area contributed by atoms with Crippen LogP contribution in [0.3, 0.4) is 0 Å². The highest BCUT2D eigenvalue weighted by molar-refractivity contribution is 6.05. The van der Waals surface area contributed by atoms with Crippen LogP contribution in [-0.2, 0) is 11.3 Å². The third-order valence-corrected chi connectivity index (χ3v) is 4.30. The van der Waals surface area contributed by atoms with Crippen molar-refractivity contribution in [3.05, 3.63) is 89.7 Å². The summed E-state index contributed by atoms with van der Waals surface area (Å²) in [6.45, 7) is 2.07. The van der Waals surface area contributed by atoms with Crippen LogP contribution in [0.5, 0.6) is 0 Å². The minimum atomic E-state index is -0.525. The summed E-state index contributed by atoms with van der Waals surface area (Å²) in [6.07, 6.45) is 2.39. The number of nitrogen functional groups attached to an aromatic ring is 1. The van der Waals surface area contributed by atoms with Crippen LogP contribution < -0.4 is 16.4 Å². The number of amides is 2. The van der Waals surface area contributed by atoms with Gasteiger partial charge in [0.05, 0.1) is 11.4 Å². The van der Waals surface area contributed by atoms with Gasteiger partial charge in [0, 0.05) is 30.1 Å². The van der Waals surface area contributed by atoms with Crippen molar-refractivity contribution in [2.75, 3.05) is 11.1 Å². The normalized spacial score (nSPS) is 11.3. The van der Waals surface area contributed by atoms with E-state index in [4.69, 9.17) is 10.5 Å². The molecular weight excluding hydrogens is 368 g/mol. The lowest BCUT2D eigenvalue weighted by atomic mass is 10.1. The topological polar surface area (TPSA) is 106 Å². The quantitative estimate of drug-likeness (QED) is 0.554. The number of ether oxygens (including phenoxy) is 1. The number of aromatic nitrogens is 1. The Bertz CT molecular complexity index is 975.